The van der Waals surface area contributed by atoms with Gasteiger partial charge in [-0.05, 0) is 55.2 Å². The number of urea groups is 2. The lowest BCUT2D eigenvalue weighted by atomic mass is 9.94. The Morgan fingerprint density at radius 1 is 1.14 bits per heavy atom. The van der Waals surface area contributed by atoms with Gasteiger partial charge in [-0.2, -0.15) is 5.26 Å². The van der Waals surface area contributed by atoms with Crippen LogP contribution in [0.15, 0.2) is 59.8 Å². The number of esters is 1. The smallest absolute Gasteiger partial charge is 0.338 e. The van der Waals surface area contributed by atoms with Gasteiger partial charge in [-0.15, -0.1) is 0 Å². The van der Waals surface area contributed by atoms with Crippen molar-refractivity contribution in [2.45, 2.75) is 40.2 Å². The van der Waals surface area contributed by atoms with Crippen molar-refractivity contribution < 1.29 is 19.1 Å². The van der Waals surface area contributed by atoms with Gasteiger partial charge < -0.3 is 20.7 Å². The topological polar surface area (TPSA) is 124 Å². The zero-order valence-corrected chi connectivity index (χ0v) is 20.9. The summed E-state index contributed by atoms with van der Waals surface area (Å²) in [4.78, 5) is 40.1. The molecule has 2 aromatic carbocycles. The van der Waals surface area contributed by atoms with Crippen LogP contribution in [0.25, 0.3) is 0 Å². The Balaban J connectivity index is 1.86. The summed E-state index contributed by atoms with van der Waals surface area (Å²) in [5.74, 6) is -0.320. The fourth-order valence-corrected chi connectivity index (χ4v) is 3.86. The van der Waals surface area contributed by atoms with Crippen molar-refractivity contribution >= 4 is 29.4 Å². The Kier molecular flexibility index (Phi) is 8.68. The summed E-state index contributed by atoms with van der Waals surface area (Å²) in [6.45, 7) is 8.35. The summed E-state index contributed by atoms with van der Waals surface area (Å²) in [5, 5.41) is 17.4. The van der Waals surface area contributed by atoms with E-state index in [0.717, 1.165) is 6.42 Å². The number of carbonyl (C=O) groups is 3. The van der Waals surface area contributed by atoms with Crippen molar-refractivity contribution in [1.29, 1.82) is 5.26 Å². The van der Waals surface area contributed by atoms with Crippen LogP contribution in [0.5, 0.6) is 0 Å². The quantitative estimate of drug-likeness (QED) is 0.442. The van der Waals surface area contributed by atoms with E-state index in [1.54, 1.807) is 60.4 Å². The largest absolute Gasteiger partial charge is 0.462 e. The van der Waals surface area contributed by atoms with E-state index in [-0.39, 0.29) is 18.6 Å². The van der Waals surface area contributed by atoms with Gasteiger partial charge in [0.15, 0.2) is 0 Å². The van der Waals surface area contributed by atoms with E-state index in [4.69, 9.17) is 10.00 Å². The molecule has 3 N–H and O–H groups in total. The first-order valence-corrected chi connectivity index (χ1v) is 11.9. The van der Waals surface area contributed by atoms with Crippen LogP contribution in [0.1, 0.15) is 51.3 Å². The third-order valence-corrected chi connectivity index (χ3v) is 5.54. The Morgan fingerprint density at radius 3 is 2.44 bits per heavy atom. The van der Waals surface area contributed by atoms with E-state index in [0.29, 0.717) is 40.3 Å². The molecule has 188 valence electrons. The van der Waals surface area contributed by atoms with Crippen molar-refractivity contribution in [1.82, 2.24) is 10.2 Å². The number of ether oxygens (including phenoxy) is 1. The third-order valence-electron chi connectivity index (χ3n) is 5.54. The summed E-state index contributed by atoms with van der Waals surface area (Å²) in [7, 11) is 0. The van der Waals surface area contributed by atoms with Gasteiger partial charge in [0.05, 0.1) is 29.9 Å². The number of hydrogen-bond donors (Lipinski definition) is 3. The lowest BCUT2D eigenvalue weighted by Gasteiger charge is -2.35. The first-order chi connectivity index (χ1) is 17.2. The summed E-state index contributed by atoms with van der Waals surface area (Å²) in [6, 6.07) is 14.0. The number of amides is 4. The number of nitrogens with one attached hydrogen (secondary N) is 3. The fourth-order valence-electron chi connectivity index (χ4n) is 3.86. The Morgan fingerprint density at radius 2 is 1.81 bits per heavy atom. The second-order valence-corrected chi connectivity index (χ2v) is 8.92. The van der Waals surface area contributed by atoms with Crippen LogP contribution in [-0.2, 0) is 9.53 Å². The van der Waals surface area contributed by atoms with Crippen LogP contribution in [0.4, 0.5) is 21.0 Å². The van der Waals surface area contributed by atoms with Gasteiger partial charge in [0.2, 0.25) is 0 Å². The van der Waals surface area contributed by atoms with Gasteiger partial charge in [0.25, 0.3) is 0 Å². The van der Waals surface area contributed by atoms with Crippen molar-refractivity contribution in [3.63, 3.8) is 0 Å². The first-order valence-electron chi connectivity index (χ1n) is 11.9. The molecular weight excluding hydrogens is 458 g/mol. The average Bonchev–Trinajstić information content (AvgIpc) is 2.85. The highest BCUT2D eigenvalue weighted by Crippen LogP contribution is 2.32. The minimum atomic E-state index is -0.734. The molecule has 4 amide bonds. The molecule has 2 aromatic rings. The van der Waals surface area contributed by atoms with Crippen molar-refractivity contribution in [3.8, 4) is 6.07 Å². The zero-order valence-electron chi connectivity index (χ0n) is 20.9. The van der Waals surface area contributed by atoms with Crippen LogP contribution in [0.2, 0.25) is 0 Å². The molecule has 0 saturated heterocycles. The number of nitrogens with zero attached hydrogens (tertiary/aromatic N) is 2. The molecule has 1 atom stereocenters. The summed E-state index contributed by atoms with van der Waals surface area (Å²) >= 11 is 0. The van der Waals surface area contributed by atoms with Crippen LogP contribution in [-0.4, -0.2) is 36.1 Å². The molecule has 9 nitrogen and oxygen atoms in total. The van der Waals surface area contributed by atoms with Gasteiger partial charge in [0.1, 0.15) is 0 Å². The Labute approximate surface area is 211 Å². The lowest BCUT2D eigenvalue weighted by molar-refractivity contribution is -0.140. The maximum absolute atomic E-state index is 13.1. The van der Waals surface area contributed by atoms with Gasteiger partial charge in [-0.3, -0.25) is 4.90 Å². The maximum Gasteiger partial charge on any atom is 0.338 e. The number of hydrogen-bond acceptors (Lipinski definition) is 5. The predicted octanol–water partition coefficient (Wildman–Crippen LogP) is 5.15. The summed E-state index contributed by atoms with van der Waals surface area (Å²) in [5.41, 5.74) is 2.91. The van der Waals surface area contributed by atoms with Crippen LogP contribution < -0.4 is 16.0 Å². The Hall–Kier alpha value is -4.32. The summed E-state index contributed by atoms with van der Waals surface area (Å²) < 4.78 is 5.53. The van der Waals surface area contributed by atoms with Crippen LogP contribution >= 0.6 is 0 Å². The van der Waals surface area contributed by atoms with E-state index in [2.05, 4.69) is 16.0 Å². The molecule has 0 spiro atoms. The van der Waals surface area contributed by atoms with E-state index in [1.807, 2.05) is 26.8 Å². The molecule has 0 fully saturated rings. The van der Waals surface area contributed by atoms with Crippen molar-refractivity contribution in [2.75, 3.05) is 23.8 Å². The standard InChI is InChI=1S/C27H31N5O4/c1-5-12-32-18(4)23(25(33)36-16-17(2)3)24(31-27(32)35)20-9-7-11-22(14-20)30-26(34)29-21-10-6-8-19(13-21)15-28/h6-11,13-14,17,24H,5,12,16H2,1-4H3,(H,31,35)(H2,29,30,34)/t24-/m1/s1. The monoisotopic (exact) mass is 489 g/mol. The molecule has 0 unspecified atom stereocenters. The second kappa shape index (κ2) is 11.9. The number of allylic oxidation sites excluding steroid dienone is 1. The number of benzene rings is 2. The molecule has 1 aliphatic rings. The second-order valence-electron chi connectivity index (χ2n) is 8.92. The first kappa shape index (κ1) is 26.3. The molecule has 1 aliphatic heterocycles. The minimum absolute atomic E-state index is 0.165. The SMILES string of the molecule is CCCN1C(=O)N[C@H](c2cccc(NC(=O)Nc3cccc(C#N)c3)c2)C(C(=O)OCC(C)C)=C1C. The number of nitriles is 1. The molecular formula is C27H31N5O4. The highest BCUT2D eigenvalue weighted by Gasteiger charge is 2.36. The number of carbonyl (C=O) groups excluding carboxylic acids is 3. The molecule has 0 aromatic heterocycles. The maximum atomic E-state index is 13.1. The average molecular weight is 490 g/mol. The third kappa shape index (κ3) is 6.42. The van der Waals surface area contributed by atoms with Gasteiger partial charge >= 0.3 is 18.0 Å². The predicted molar refractivity (Wildman–Crippen MR) is 137 cm³/mol. The van der Waals surface area contributed by atoms with Gasteiger partial charge in [-0.1, -0.05) is 39.0 Å². The molecule has 0 aliphatic carbocycles. The molecule has 0 radical (unpaired) electrons. The lowest BCUT2D eigenvalue weighted by Crippen LogP contribution is -2.48. The van der Waals surface area contributed by atoms with E-state index in [9.17, 15) is 14.4 Å². The molecule has 1 heterocycles. The fraction of sp³-hybridized carbons (Fsp3) is 0.333. The molecule has 3 rings (SSSR count). The zero-order chi connectivity index (χ0) is 26.2. The molecule has 9 heteroatoms. The van der Waals surface area contributed by atoms with E-state index < -0.39 is 18.0 Å². The number of rotatable bonds is 8. The Bertz CT molecular complexity index is 1210. The number of anilines is 2. The van der Waals surface area contributed by atoms with Crippen molar-refractivity contribution in [3.05, 3.63) is 70.9 Å². The normalized spacial score (nSPS) is 15.3. The summed E-state index contributed by atoms with van der Waals surface area (Å²) in [6.07, 6.45) is 0.732. The van der Waals surface area contributed by atoms with E-state index in [1.165, 1.54) is 0 Å². The minimum Gasteiger partial charge on any atom is -0.462 e. The van der Waals surface area contributed by atoms with Gasteiger partial charge in [-0.25, -0.2) is 14.4 Å². The van der Waals surface area contributed by atoms with Crippen molar-refractivity contribution in [2.24, 2.45) is 5.92 Å². The van der Waals surface area contributed by atoms with Gasteiger partial charge in [0, 0.05) is 23.6 Å². The molecule has 0 saturated carbocycles. The van der Waals surface area contributed by atoms with E-state index >= 15 is 0 Å². The molecule has 36 heavy (non-hydrogen) atoms. The van der Waals surface area contributed by atoms with Crippen LogP contribution in [0, 0.1) is 17.2 Å². The highest BCUT2D eigenvalue weighted by molar-refractivity contribution is 6.00. The molecule has 0 bridgehead atoms. The van der Waals surface area contributed by atoms with Crippen LogP contribution in [0.3, 0.4) is 0 Å². The highest BCUT2D eigenvalue weighted by atomic mass is 16.5.